The molecule has 0 radical (unpaired) electrons. The van der Waals surface area contributed by atoms with E-state index in [1.54, 1.807) is 11.3 Å². The van der Waals surface area contributed by atoms with Gasteiger partial charge in [-0.15, -0.1) is 23.7 Å². The van der Waals surface area contributed by atoms with Gasteiger partial charge in [-0.2, -0.15) is 0 Å². The first kappa shape index (κ1) is 20.0. The Morgan fingerprint density at radius 3 is 2.52 bits per heavy atom. The molecule has 0 saturated carbocycles. The summed E-state index contributed by atoms with van der Waals surface area (Å²) in [7, 11) is 0. The molecule has 25 heavy (non-hydrogen) atoms. The summed E-state index contributed by atoms with van der Waals surface area (Å²) < 4.78 is 5.97. The summed E-state index contributed by atoms with van der Waals surface area (Å²) in [6.07, 6.45) is 1.32. The molecule has 4 nitrogen and oxygen atoms in total. The van der Waals surface area contributed by atoms with Gasteiger partial charge in [-0.3, -0.25) is 4.90 Å². The third kappa shape index (κ3) is 5.33. The van der Waals surface area contributed by atoms with Crippen molar-refractivity contribution in [2.75, 3.05) is 37.6 Å². The lowest BCUT2D eigenvalue weighted by Gasteiger charge is -2.36. The van der Waals surface area contributed by atoms with Crippen LogP contribution in [-0.4, -0.2) is 48.7 Å². The van der Waals surface area contributed by atoms with Gasteiger partial charge >= 0.3 is 0 Å². The molecule has 1 aliphatic heterocycles. The molecule has 1 aliphatic rings. The number of hydrogen-bond donors (Lipinski definition) is 0. The van der Waals surface area contributed by atoms with Crippen molar-refractivity contribution >= 4 is 29.4 Å². The molecule has 1 aromatic heterocycles. The second kappa shape index (κ2) is 9.41. The summed E-state index contributed by atoms with van der Waals surface area (Å²) in [6.45, 7) is 11.7. The molecule has 138 valence electrons. The zero-order valence-corrected chi connectivity index (χ0v) is 16.9. The van der Waals surface area contributed by atoms with E-state index in [2.05, 4.69) is 59.8 Å². The number of anilines is 1. The van der Waals surface area contributed by atoms with Crippen molar-refractivity contribution in [3.8, 4) is 5.75 Å². The molecule has 6 heteroatoms. The molecule has 0 atom stereocenters. The number of thiazole rings is 1. The number of para-hydroxylation sites is 2. The van der Waals surface area contributed by atoms with Gasteiger partial charge in [0.1, 0.15) is 5.75 Å². The van der Waals surface area contributed by atoms with Crippen LogP contribution in [0.1, 0.15) is 24.4 Å². The first-order valence-electron chi connectivity index (χ1n) is 8.75. The number of nitrogens with zero attached hydrogens (tertiary/aromatic N) is 3. The average molecular weight is 382 g/mol. The van der Waals surface area contributed by atoms with Crippen LogP contribution in [0, 0.1) is 6.92 Å². The van der Waals surface area contributed by atoms with Gasteiger partial charge in [-0.1, -0.05) is 12.1 Å². The van der Waals surface area contributed by atoms with E-state index in [9.17, 15) is 0 Å². The van der Waals surface area contributed by atoms with Crippen molar-refractivity contribution in [2.24, 2.45) is 0 Å². The summed E-state index contributed by atoms with van der Waals surface area (Å²) in [5.74, 6) is 1.00. The average Bonchev–Trinajstić information content (AvgIpc) is 2.99. The quantitative estimate of drug-likeness (QED) is 0.755. The molecule has 3 rings (SSSR count). The highest BCUT2D eigenvalue weighted by molar-refractivity contribution is 7.09. The minimum atomic E-state index is 0. The molecule has 1 saturated heterocycles. The minimum absolute atomic E-state index is 0. The number of halogens is 1. The molecule has 1 aromatic carbocycles. The van der Waals surface area contributed by atoms with Gasteiger partial charge in [0, 0.05) is 37.6 Å². The van der Waals surface area contributed by atoms with Crippen molar-refractivity contribution in [3.63, 3.8) is 0 Å². The van der Waals surface area contributed by atoms with Crippen LogP contribution < -0.4 is 9.64 Å². The summed E-state index contributed by atoms with van der Waals surface area (Å²) in [6, 6.07) is 8.40. The largest absolute Gasteiger partial charge is 0.489 e. The Kier molecular flexibility index (Phi) is 7.54. The Bertz CT molecular complexity index is 654. The van der Waals surface area contributed by atoms with E-state index >= 15 is 0 Å². The monoisotopic (exact) mass is 381 g/mol. The van der Waals surface area contributed by atoms with Crippen molar-refractivity contribution < 1.29 is 4.74 Å². The first-order chi connectivity index (χ1) is 11.6. The molecular weight excluding hydrogens is 354 g/mol. The predicted molar refractivity (Wildman–Crippen MR) is 109 cm³/mol. The lowest BCUT2D eigenvalue weighted by atomic mass is 10.2. The molecule has 0 aliphatic carbocycles. The van der Waals surface area contributed by atoms with Crippen LogP contribution in [0.5, 0.6) is 5.75 Å². The summed E-state index contributed by atoms with van der Waals surface area (Å²) in [4.78, 5) is 10.8. The van der Waals surface area contributed by atoms with Crippen LogP contribution in [0.25, 0.3) is 0 Å². The van der Waals surface area contributed by atoms with E-state index in [1.165, 1.54) is 16.3 Å². The van der Waals surface area contributed by atoms with Crippen LogP contribution >= 0.6 is 23.7 Å². The Morgan fingerprint density at radius 2 is 1.88 bits per heavy atom. The molecule has 0 spiro atoms. The Balaban J connectivity index is 0.00000225. The number of benzene rings is 1. The third-order valence-electron chi connectivity index (χ3n) is 4.44. The van der Waals surface area contributed by atoms with Gasteiger partial charge in [0.05, 0.1) is 23.0 Å². The fourth-order valence-corrected chi connectivity index (χ4v) is 3.88. The Hall–Kier alpha value is -1.30. The standard InChI is InChI=1S/C19H27N3OS.ClH/c1-15(2)23-18-7-5-4-6-17(18)22-12-10-21(11-13-22)9-8-19-16(3)20-14-24-19;/h4-7,14-15H,8-13H2,1-3H3;1H. The van der Waals surface area contributed by atoms with Crippen molar-refractivity contribution in [1.29, 1.82) is 0 Å². The molecule has 1 fully saturated rings. The maximum Gasteiger partial charge on any atom is 0.142 e. The van der Waals surface area contributed by atoms with Crippen LogP contribution in [-0.2, 0) is 6.42 Å². The maximum atomic E-state index is 5.97. The molecular formula is C19H28ClN3OS. The second-order valence-corrected chi connectivity index (χ2v) is 7.51. The maximum absolute atomic E-state index is 5.97. The highest BCUT2D eigenvalue weighted by atomic mass is 35.5. The Morgan fingerprint density at radius 1 is 1.16 bits per heavy atom. The van der Waals surface area contributed by atoms with E-state index in [0.717, 1.165) is 44.9 Å². The van der Waals surface area contributed by atoms with Crippen LogP contribution in [0.4, 0.5) is 5.69 Å². The van der Waals surface area contributed by atoms with Gasteiger partial charge in [-0.25, -0.2) is 4.98 Å². The highest BCUT2D eigenvalue weighted by Gasteiger charge is 2.20. The normalized spacial score (nSPS) is 15.3. The van der Waals surface area contributed by atoms with Gasteiger partial charge in [0.2, 0.25) is 0 Å². The van der Waals surface area contributed by atoms with Gasteiger partial charge < -0.3 is 9.64 Å². The van der Waals surface area contributed by atoms with Gasteiger partial charge in [-0.05, 0) is 39.3 Å². The van der Waals surface area contributed by atoms with Gasteiger partial charge in [0.25, 0.3) is 0 Å². The molecule has 2 aromatic rings. The summed E-state index contributed by atoms with van der Waals surface area (Å²) in [5, 5.41) is 0. The summed E-state index contributed by atoms with van der Waals surface area (Å²) in [5.41, 5.74) is 4.37. The van der Waals surface area contributed by atoms with Crippen molar-refractivity contribution in [2.45, 2.75) is 33.3 Å². The fraction of sp³-hybridized carbons (Fsp3) is 0.526. The van der Waals surface area contributed by atoms with Crippen molar-refractivity contribution in [1.82, 2.24) is 9.88 Å². The Labute approximate surface area is 161 Å². The molecule has 0 N–H and O–H groups in total. The summed E-state index contributed by atoms with van der Waals surface area (Å²) >= 11 is 1.78. The van der Waals surface area contributed by atoms with E-state index < -0.39 is 0 Å². The van der Waals surface area contributed by atoms with Crippen LogP contribution in [0.2, 0.25) is 0 Å². The first-order valence-corrected chi connectivity index (χ1v) is 9.63. The van der Waals surface area contributed by atoms with Crippen LogP contribution in [0.3, 0.4) is 0 Å². The number of rotatable bonds is 6. The lowest BCUT2D eigenvalue weighted by Crippen LogP contribution is -2.47. The predicted octanol–water partition coefficient (Wildman–Crippen LogP) is 4.03. The topological polar surface area (TPSA) is 28.6 Å². The zero-order chi connectivity index (χ0) is 16.9. The molecule has 0 bridgehead atoms. The van der Waals surface area contributed by atoms with E-state index in [-0.39, 0.29) is 18.5 Å². The van der Waals surface area contributed by atoms with E-state index in [1.807, 2.05) is 5.51 Å². The number of aromatic nitrogens is 1. The number of piperazine rings is 1. The number of hydrogen-bond acceptors (Lipinski definition) is 5. The van der Waals surface area contributed by atoms with Crippen molar-refractivity contribution in [3.05, 3.63) is 40.3 Å². The van der Waals surface area contributed by atoms with Crippen LogP contribution in [0.15, 0.2) is 29.8 Å². The second-order valence-electron chi connectivity index (χ2n) is 6.57. The molecule has 0 unspecified atom stereocenters. The minimum Gasteiger partial charge on any atom is -0.489 e. The lowest BCUT2D eigenvalue weighted by molar-refractivity contribution is 0.238. The van der Waals surface area contributed by atoms with Gasteiger partial charge in [0.15, 0.2) is 0 Å². The molecule has 2 heterocycles. The zero-order valence-electron chi connectivity index (χ0n) is 15.3. The number of aryl methyl sites for hydroxylation is 1. The molecule has 0 amide bonds. The SMILES string of the molecule is Cc1ncsc1CCN1CCN(c2ccccc2OC(C)C)CC1.Cl. The smallest absolute Gasteiger partial charge is 0.142 e. The fourth-order valence-electron chi connectivity index (χ4n) is 3.11. The highest BCUT2D eigenvalue weighted by Crippen LogP contribution is 2.29. The third-order valence-corrected chi connectivity index (χ3v) is 5.44. The van der Waals surface area contributed by atoms with E-state index in [4.69, 9.17) is 4.74 Å². The van der Waals surface area contributed by atoms with E-state index in [0.29, 0.717) is 0 Å². The number of ether oxygens (including phenoxy) is 1.